The Morgan fingerprint density at radius 3 is 3.00 bits per heavy atom. The van der Waals surface area contributed by atoms with Crippen molar-refractivity contribution in [3.8, 4) is 0 Å². The quantitative estimate of drug-likeness (QED) is 0.762. The zero-order chi connectivity index (χ0) is 12.7. The monoisotopic (exact) mass is 257 g/mol. The maximum Gasteiger partial charge on any atom is 0.254 e. The van der Waals surface area contributed by atoms with Gasteiger partial charge in [-0.25, -0.2) is 9.37 Å². The van der Waals surface area contributed by atoms with Crippen molar-refractivity contribution in [1.29, 1.82) is 0 Å². The van der Waals surface area contributed by atoms with E-state index in [1.807, 2.05) is 6.26 Å². The summed E-state index contributed by atoms with van der Waals surface area (Å²) in [6.45, 7) is 0.552. The molecule has 0 radical (unpaired) electrons. The SMILES string of the molecule is CNc1nccc(C(=O)NCCCSC)c1F. The molecule has 0 saturated carbocycles. The first-order chi connectivity index (χ1) is 8.20. The Hall–Kier alpha value is -1.30. The van der Waals surface area contributed by atoms with Crippen LogP contribution in [0.25, 0.3) is 0 Å². The Morgan fingerprint density at radius 1 is 1.59 bits per heavy atom. The average Bonchev–Trinajstić information content (AvgIpc) is 2.34. The van der Waals surface area contributed by atoms with E-state index in [2.05, 4.69) is 15.6 Å². The maximum atomic E-state index is 13.7. The Morgan fingerprint density at radius 2 is 2.35 bits per heavy atom. The van der Waals surface area contributed by atoms with Gasteiger partial charge in [0, 0.05) is 19.8 Å². The van der Waals surface area contributed by atoms with Gasteiger partial charge in [-0.15, -0.1) is 0 Å². The van der Waals surface area contributed by atoms with E-state index in [0.717, 1.165) is 12.2 Å². The molecule has 0 aliphatic heterocycles. The summed E-state index contributed by atoms with van der Waals surface area (Å²) in [6.07, 6.45) is 4.29. The fraction of sp³-hybridized carbons (Fsp3) is 0.455. The van der Waals surface area contributed by atoms with Gasteiger partial charge in [0.1, 0.15) is 0 Å². The minimum atomic E-state index is -0.614. The second-order valence-corrected chi connectivity index (χ2v) is 4.36. The van der Waals surface area contributed by atoms with Crippen LogP contribution in [-0.2, 0) is 0 Å². The van der Waals surface area contributed by atoms with Gasteiger partial charge in [-0.3, -0.25) is 4.79 Å². The third-order valence-electron chi connectivity index (χ3n) is 2.18. The van der Waals surface area contributed by atoms with Gasteiger partial charge >= 0.3 is 0 Å². The summed E-state index contributed by atoms with van der Waals surface area (Å²) in [5.41, 5.74) is 0.0218. The second kappa shape index (κ2) is 7.11. The van der Waals surface area contributed by atoms with Crippen LogP contribution in [0.5, 0.6) is 0 Å². The van der Waals surface area contributed by atoms with E-state index in [1.165, 1.54) is 12.3 Å². The van der Waals surface area contributed by atoms with Crippen LogP contribution in [0.1, 0.15) is 16.8 Å². The summed E-state index contributed by atoms with van der Waals surface area (Å²) in [5.74, 6) is 0.0440. The van der Waals surface area contributed by atoms with Gasteiger partial charge in [0.25, 0.3) is 5.91 Å². The first-order valence-corrected chi connectivity index (χ1v) is 6.69. The van der Waals surface area contributed by atoms with E-state index in [0.29, 0.717) is 6.54 Å². The number of carbonyl (C=O) groups is 1. The van der Waals surface area contributed by atoms with E-state index < -0.39 is 11.7 Å². The predicted octanol–water partition coefficient (Wildman–Crippen LogP) is 1.75. The van der Waals surface area contributed by atoms with E-state index >= 15 is 0 Å². The van der Waals surface area contributed by atoms with Crippen molar-refractivity contribution in [2.45, 2.75) is 6.42 Å². The molecule has 1 amide bonds. The Bertz CT molecular complexity index is 387. The molecule has 0 aliphatic rings. The lowest BCUT2D eigenvalue weighted by atomic mass is 10.2. The van der Waals surface area contributed by atoms with Crippen LogP contribution < -0.4 is 10.6 Å². The molecule has 2 N–H and O–H groups in total. The summed E-state index contributed by atoms with van der Waals surface area (Å²) in [6, 6.07) is 1.38. The van der Waals surface area contributed by atoms with Gasteiger partial charge < -0.3 is 10.6 Å². The summed E-state index contributed by atoms with van der Waals surface area (Å²) < 4.78 is 13.7. The highest BCUT2D eigenvalue weighted by Gasteiger charge is 2.14. The molecule has 1 aromatic rings. The van der Waals surface area contributed by atoms with Crippen molar-refractivity contribution in [1.82, 2.24) is 10.3 Å². The van der Waals surface area contributed by atoms with Crippen LogP contribution >= 0.6 is 11.8 Å². The normalized spacial score (nSPS) is 10.1. The van der Waals surface area contributed by atoms with Crippen molar-refractivity contribution in [3.63, 3.8) is 0 Å². The van der Waals surface area contributed by atoms with Crippen LogP contribution in [0, 0.1) is 5.82 Å². The van der Waals surface area contributed by atoms with Gasteiger partial charge in [0.15, 0.2) is 11.6 Å². The maximum absolute atomic E-state index is 13.7. The Labute approximate surface area is 104 Å². The van der Waals surface area contributed by atoms with E-state index in [4.69, 9.17) is 0 Å². The molecule has 17 heavy (non-hydrogen) atoms. The molecule has 4 nitrogen and oxygen atoms in total. The molecule has 0 fully saturated rings. The number of nitrogens with one attached hydrogen (secondary N) is 2. The van der Waals surface area contributed by atoms with Crippen LogP contribution in [0.3, 0.4) is 0 Å². The number of thioether (sulfide) groups is 1. The lowest BCUT2D eigenvalue weighted by Gasteiger charge is -2.07. The topological polar surface area (TPSA) is 54.0 Å². The van der Waals surface area contributed by atoms with Gasteiger partial charge in [-0.2, -0.15) is 11.8 Å². The van der Waals surface area contributed by atoms with Gasteiger partial charge in [-0.05, 0) is 24.5 Å². The van der Waals surface area contributed by atoms with Crippen LogP contribution in [0.15, 0.2) is 12.3 Å². The zero-order valence-corrected chi connectivity index (χ0v) is 10.7. The third kappa shape index (κ3) is 3.89. The summed E-state index contributed by atoms with van der Waals surface area (Å²) in [4.78, 5) is 15.5. The van der Waals surface area contributed by atoms with Crippen LogP contribution in [0.4, 0.5) is 10.2 Å². The molecule has 0 aliphatic carbocycles. The predicted molar refractivity (Wildman–Crippen MR) is 69.1 cm³/mol. The summed E-state index contributed by atoms with van der Waals surface area (Å²) >= 11 is 1.71. The number of carbonyl (C=O) groups excluding carboxylic acids is 1. The first-order valence-electron chi connectivity index (χ1n) is 5.30. The van der Waals surface area contributed by atoms with Crippen molar-refractivity contribution < 1.29 is 9.18 Å². The van der Waals surface area contributed by atoms with Crippen molar-refractivity contribution in [2.75, 3.05) is 30.9 Å². The fourth-order valence-corrected chi connectivity index (χ4v) is 1.74. The summed E-state index contributed by atoms with van der Waals surface area (Å²) in [5, 5.41) is 5.28. The Kier molecular flexibility index (Phi) is 5.76. The van der Waals surface area contributed by atoms with E-state index in [-0.39, 0.29) is 11.4 Å². The lowest BCUT2D eigenvalue weighted by Crippen LogP contribution is -2.26. The van der Waals surface area contributed by atoms with Crippen molar-refractivity contribution >= 4 is 23.5 Å². The molecule has 0 unspecified atom stereocenters. The van der Waals surface area contributed by atoms with Gasteiger partial charge in [0.05, 0.1) is 5.56 Å². The molecular formula is C11H16FN3OS. The highest BCUT2D eigenvalue weighted by molar-refractivity contribution is 7.98. The molecule has 0 aromatic carbocycles. The number of rotatable bonds is 6. The molecule has 1 aromatic heterocycles. The van der Waals surface area contributed by atoms with Crippen molar-refractivity contribution in [3.05, 3.63) is 23.6 Å². The molecule has 0 spiro atoms. The Balaban J connectivity index is 2.62. The molecule has 6 heteroatoms. The number of pyridine rings is 1. The number of halogens is 1. The average molecular weight is 257 g/mol. The minimum absolute atomic E-state index is 0.0218. The molecule has 0 atom stereocenters. The van der Waals surface area contributed by atoms with E-state index in [9.17, 15) is 9.18 Å². The molecule has 1 heterocycles. The van der Waals surface area contributed by atoms with Crippen molar-refractivity contribution in [2.24, 2.45) is 0 Å². The lowest BCUT2D eigenvalue weighted by molar-refractivity contribution is 0.0949. The minimum Gasteiger partial charge on any atom is -0.371 e. The second-order valence-electron chi connectivity index (χ2n) is 3.37. The van der Waals surface area contributed by atoms with Crippen LogP contribution in [-0.4, -0.2) is 36.5 Å². The third-order valence-corrected chi connectivity index (χ3v) is 2.88. The van der Waals surface area contributed by atoms with E-state index in [1.54, 1.807) is 18.8 Å². The smallest absolute Gasteiger partial charge is 0.254 e. The fourth-order valence-electron chi connectivity index (χ4n) is 1.31. The number of amides is 1. The number of aromatic nitrogens is 1. The standard InChI is InChI=1S/C11H16FN3OS/c1-13-10-9(12)8(4-6-14-10)11(16)15-5-3-7-17-2/h4,6H,3,5,7H2,1-2H3,(H,13,14)(H,15,16). The largest absolute Gasteiger partial charge is 0.371 e. The van der Waals surface area contributed by atoms with Crippen LogP contribution in [0.2, 0.25) is 0 Å². The molecule has 0 bridgehead atoms. The van der Waals surface area contributed by atoms with Gasteiger partial charge in [0.2, 0.25) is 0 Å². The molecular weight excluding hydrogens is 241 g/mol. The number of nitrogens with zero attached hydrogens (tertiary/aromatic N) is 1. The molecule has 1 rings (SSSR count). The highest BCUT2D eigenvalue weighted by atomic mass is 32.2. The number of hydrogen-bond donors (Lipinski definition) is 2. The molecule has 94 valence electrons. The first kappa shape index (κ1) is 13.8. The molecule has 0 saturated heterocycles. The number of hydrogen-bond acceptors (Lipinski definition) is 4. The summed E-state index contributed by atoms with van der Waals surface area (Å²) in [7, 11) is 1.56. The highest BCUT2D eigenvalue weighted by Crippen LogP contribution is 2.14. The van der Waals surface area contributed by atoms with Gasteiger partial charge in [-0.1, -0.05) is 0 Å². The number of anilines is 1. The zero-order valence-electron chi connectivity index (χ0n) is 9.92.